The predicted octanol–water partition coefficient (Wildman–Crippen LogP) is 2.37. The third kappa shape index (κ3) is 3.85. The number of rotatable bonds is 3. The van der Waals surface area contributed by atoms with Gasteiger partial charge in [0.2, 0.25) is 0 Å². The quantitative estimate of drug-likeness (QED) is 0.299. The van der Waals surface area contributed by atoms with Crippen LogP contribution in [0.25, 0.3) is 33.4 Å². The molecule has 9 heteroatoms. The molecule has 0 aliphatic rings. The Labute approximate surface area is 172 Å². The summed E-state index contributed by atoms with van der Waals surface area (Å²) in [5.41, 5.74) is 40.4. The average Bonchev–Trinajstić information content (AvgIpc) is 2.65. The molecule has 0 saturated carbocycles. The molecule has 0 fully saturated rings. The molecule has 0 radical (unpaired) electrons. The maximum atomic E-state index is 5.90. The number of nitrogen functional groups attached to an aromatic ring is 6. The standard InChI is InChI=1S/C21H21N9/c22-16-4-13(5-17(23)28-16)10-1-11(14-6-18(24)29-19(25)7-14)3-12(2-10)15-8-20(26)30-21(27)9-15/h1-9H,(H4,22,23,28)(H4,24,25,29)(H4,26,27,30). The first kappa shape index (κ1) is 18.8. The fourth-order valence-electron chi connectivity index (χ4n) is 3.35. The summed E-state index contributed by atoms with van der Waals surface area (Å²) in [4.78, 5) is 12.1. The molecule has 3 aromatic heterocycles. The normalized spacial score (nSPS) is 10.8. The molecule has 12 N–H and O–H groups in total. The molecule has 0 spiro atoms. The molecule has 0 amide bonds. The lowest BCUT2D eigenvalue weighted by molar-refractivity contribution is 1.34. The molecule has 30 heavy (non-hydrogen) atoms. The van der Waals surface area contributed by atoms with Gasteiger partial charge in [-0.05, 0) is 88.0 Å². The average molecular weight is 399 g/mol. The van der Waals surface area contributed by atoms with E-state index in [9.17, 15) is 0 Å². The van der Waals surface area contributed by atoms with Gasteiger partial charge in [-0.1, -0.05) is 0 Å². The number of aromatic nitrogens is 3. The molecule has 0 atom stereocenters. The van der Waals surface area contributed by atoms with Gasteiger partial charge >= 0.3 is 0 Å². The lowest BCUT2D eigenvalue weighted by Crippen LogP contribution is -1.99. The number of benzene rings is 1. The zero-order chi connectivity index (χ0) is 21.4. The number of nitrogens with two attached hydrogens (primary N) is 6. The maximum absolute atomic E-state index is 5.90. The van der Waals surface area contributed by atoms with Crippen molar-refractivity contribution in [3.8, 4) is 33.4 Å². The van der Waals surface area contributed by atoms with Gasteiger partial charge in [-0.3, -0.25) is 0 Å². The molecule has 0 aliphatic carbocycles. The molecule has 3 heterocycles. The second-order valence-electron chi connectivity index (χ2n) is 6.92. The van der Waals surface area contributed by atoms with Crippen LogP contribution in [-0.4, -0.2) is 15.0 Å². The number of hydrogen-bond donors (Lipinski definition) is 6. The van der Waals surface area contributed by atoms with E-state index >= 15 is 0 Å². The highest BCUT2D eigenvalue weighted by Crippen LogP contribution is 2.35. The summed E-state index contributed by atoms with van der Waals surface area (Å²) in [6.07, 6.45) is 0. The number of nitrogens with zero attached hydrogens (tertiary/aromatic N) is 3. The third-order valence-electron chi connectivity index (χ3n) is 4.53. The summed E-state index contributed by atoms with van der Waals surface area (Å²) >= 11 is 0. The van der Waals surface area contributed by atoms with E-state index < -0.39 is 0 Å². The van der Waals surface area contributed by atoms with Gasteiger partial charge in [-0.15, -0.1) is 0 Å². The Kier molecular flexibility index (Phi) is 4.47. The van der Waals surface area contributed by atoms with E-state index in [0.717, 1.165) is 33.4 Å². The minimum Gasteiger partial charge on any atom is -0.384 e. The first-order valence-electron chi connectivity index (χ1n) is 9.02. The molecule has 0 bridgehead atoms. The molecule has 1 aromatic carbocycles. The van der Waals surface area contributed by atoms with Gasteiger partial charge in [0.05, 0.1) is 0 Å². The third-order valence-corrected chi connectivity index (χ3v) is 4.53. The van der Waals surface area contributed by atoms with Crippen LogP contribution in [0.4, 0.5) is 34.9 Å². The highest BCUT2D eigenvalue weighted by Gasteiger charge is 2.11. The van der Waals surface area contributed by atoms with Crippen LogP contribution in [0.1, 0.15) is 0 Å². The van der Waals surface area contributed by atoms with Crippen LogP contribution in [0.2, 0.25) is 0 Å². The van der Waals surface area contributed by atoms with Crippen molar-refractivity contribution >= 4 is 34.9 Å². The first-order valence-corrected chi connectivity index (χ1v) is 9.02. The van der Waals surface area contributed by atoms with Crippen molar-refractivity contribution in [1.82, 2.24) is 15.0 Å². The van der Waals surface area contributed by atoms with Gasteiger partial charge in [0.1, 0.15) is 34.9 Å². The molecule has 150 valence electrons. The number of pyridine rings is 3. The maximum Gasteiger partial charge on any atom is 0.126 e. The summed E-state index contributed by atoms with van der Waals surface area (Å²) < 4.78 is 0. The van der Waals surface area contributed by atoms with Crippen molar-refractivity contribution in [3.63, 3.8) is 0 Å². The van der Waals surface area contributed by atoms with Crippen molar-refractivity contribution < 1.29 is 0 Å². The van der Waals surface area contributed by atoms with Crippen molar-refractivity contribution in [2.24, 2.45) is 0 Å². The molecule has 0 saturated heterocycles. The van der Waals surface area contributed by atoms with E-state index in [1.807, 2.05) is 18.2 Å². The first-order chi connectivity index (χ1) is 14.3. The van der Waals surface area contributed by atoms with Crippen LogP contribution >= 0.6 is 0 Å². The highest BCUT2D eigenvalue weighted by atomic mass is 14.9. The van der Waals surface area contributed by atoms with Crippen LogP contribution < -0.4 is 34.4 Å². The van der Waals surface area contributed by atoms with Crippen molar-refractivity contribution in [2.45, 2.75) is 0 Å². The Morgan fingerprint density at radius 2 is 0.467 bits per heavy atom. The molecular formula is C21H21N9. The smallest absolute Gasteiger partial charge is 0.126 e. The number of hydrogen-bond acceptors (Lipinski definition) is 9. The second kappa shape index (κ2) is 7.13. The minimum atomic E-state index is 0.326. The molecular weight excluding hydrogens is 378 g/mol. The lowest BCUT2D eigenvalue weighted by Gasteiger charge is -2.13. The summed E-state index contributed by atoms with van der Waals surface area (Å²) in [7, 11) is 0. The molecule has 4 aromatic rings. The zero-order valence-corrected chi connectivity index (χ0v) is 16.0. The topological polar surface area (TPSA) is 195 Å². The van der Waals surface area contributed by atoms with E-state index in [1.54, 1.807) is 36.4 Å². The van der Waals surface area contributed by atoms with Crippen LogP contribution in [-0.2, 0) is 0 Å². The van der Waals surface area contributed by atoms with Crippen molar-refractivity contribution in [2.75, 3.05) is 34.4 Å². The van der Waals surface area contributed by atoms with Crippen LogP contribution in [0.3, 0.4) is 0 Å². The number of anilines is 6. The summed E-state index contributed by atoms with van der Waals surface area (Å²) in [5, 5.41) is 0. The van der Waals surface area contributed by atoms with Crippen LogP contribution in [0, 0.1) is 0 Å². The Hall–Kier alpha value is -4.53. The van der Waals surface area contributed by atoms with Crippen LogP contribution in [0.15, 0.2) is 54.6 Å². The summed E-state index contributed by atoms with van der Waals surface area (Å²) in [6.45, 7) is 0. The highest BCUT2D eigenvalue weighted by molar-refractivity contribution is 5.84. The summed E-state index contributed by atoms with van der Waals surface area (Å²) in [5.74, 6) is 1.95. The minimum absolute atomic E-state index is 0.326. The van der Waals surface area contributed by atoms with Gasteiger partial charge in [-0.25, -0.2) is 15.0 Å². The van der Waals surface area contributed by atoms with E-state index in [1.165, 1.54) is 0 Å². The van der Waals surface area contributed by atoms with E-state index in [0.29, 0.717) is 34.9 Å². The molecule has 4 rings (SSSR count). The monoisotopic (exact) mass is 399 g/mol. The Morgan fingerprint density at radius 1 is 0.300 bits per heavy atom. The Balaban J connectivity index is 1.98. The van der Waals surface area contributed by atoms with Crippen molar-refractivity contribution in [3.05, 3.63) is 54.6 Å². The predicted molar refractivity (Wildman–Crippen MR) is 123 cm³/mol. The van der Waals surface area contributed by atoms with Gasteiger partial charge in [-0.2, -0.15) is 0 Å². The zero-order valence-electron chi connectivity index (χ0n) is 16.0. The molecule has 0 aliphatic heterocycles. The molecule has 9 nitrogen and oxygen atoms in total. The Bertz CT molecular complexity index is 1040. The van der Waals surface area contributed by atoms with Crippen LogP contribution in [0.5, 0.6) is 0 Å². The SMILES string of the molecule is Nc1cc(-c2cc(-c3cc(N)nc(N)c3)cc(-c3cc(N)nc(N)c3)c2)cc(N)n1. The second-order valence-corrected chi connectivity index (χ2v) is 6.92. The van der Waals surface area contributed by atoms with Gasteiger partial charge in [0, 0.05) is 0 Å². The summed E-state index contributed by atoms with van der Waals surface area (Å²) in [6, 6.07) is 16.5. The fraction of sp³-hybridized carbons (Fsp3) is 0. The fourth-order valence-corrected chi connectivity index (χ4v) is 3.35. The van der Waals surface area contributed by atoms with Crippen molar-refractivity contribution in [1.29, 1.82) is 0 Å². The van der Waals surface area contributed by atoms with Gasteiger partial charge < -0.3 is 34.4 Å². The lowest BCUT2D eigenvalue weighted by atomic mass is 9.94. The van der Waals surface area contributed by atoms with E-state index in [-0.39, 0.29) is 0 Å². The van der Waals surface area contributed by atoms with Gasteiger partial charge in [0.25, 0.3) is 0 Å². The largest absolute Gasteiger partial charge is 0.384 e. The molecule has 0 unspecified atom stereocenters. The Morgan fingerprint density at radius 3 is 0.667 bits per heavy atom. The van der Waals surface area contributed by atoms with E-state index in [4.69, 9.17) is 34.4 Å². The van der Waals surface area contributed by atoms with E-state index in [2.05, 4.69) is 15.0 Å². The van der Waals surface area contributed by atoms with Gasteiger partial charge in [0.15, 0.2) is 0 Å².